The van der Waals surface area contributed by atoms with Crippen molar-refractivity contribution in [3.63, 3.8) is 0 Å². The van der Waals surface area contributed by atoms with Crippen LogP contribution in [0.2, 0.25) is 0 Å². The van der Waals surface area contributed by atoms with Crippen molar-refractivity contribution in [1.82, 2.24) is 10.6 Å². The number of primary amides is 1. The topological polar surface area (TPSA) is 120 Å². The summed E-state index contributed by atoms with van der Waals surface area (Å²) in [5.74, 6) is -0.547. The Bertz CT molecular complexity index is 574. The van der Waals surface area contributed by atoms with E-state index in [1.165, 1.54) is 21.1 Å². The number of hydrogen-bond donors (Lipinski definition) is 3. The minimum Gasteiger partial charge on any atom is -0.496 e. The molecule has 0 aromatic heterocycles. The summed E-state index contributed by atoms with van der Waals surface area (Å²) in [6.45, 7) is 1.69. The molecule has 8 nitrogen and oxygen atoms in total. The summed E-state index contributed by atoms with van der Waals surface area (Å²) in [6.07, 6.45) is 0. The molecule has 0 saturated heterocycles. The molecule has 0 aliphatic rings. The second-order valence-corrected chi connectivity index (χ2v) is 4.47. The van der Waals surface area contributed by atoms with Crippen molar-refractivity contribution >= 4 is 17.9 Å². The molecule has 0 bridgehead atoms. The van der Waals surface area contributed by atoms with Gasteiger partial charge in [-0.15, -0.1) is 0 Å². The highest BCUT2D eigenvalue weighted by molar-refractivity contribution is 5.92. The molecule has 0 radical (unpaired) electrons. The molecule has 0 aliphatic carbocycles. The van der Waals surface area contributed by atoms with Crippen LogP contribution in [0.3, 0.4) is 0 Å². The molecular formula is C14H19N3O5. The maximum Gasteiger partial charge on any atom is 0.341 e. The Morgan fingerprint density at radius 1 is 1.27 bits per heavy atom. The summed E-state index contributed by atoms with van der Waals surface area (Å²) in [5.41, 5.74) is 5.89. The molecule has 1 aromatic rings. The Morgan fingerprint density at radius 2 is 1.95 bits per heavy atom. The molecule has 22 heavy (non-hydrogen) atoms. The first kappa shape index (κ1) is 17.3. The van der Waals surface area contributed by atoms with Crippen molar-refractivity contribution in [3.8, 4) is 5.75 Å². The summed E-state index contributed by atoms with van der Waals surface area (Å²) in [6, 6.07) is 3.35. The second kappa shape index (κ2) is 7.87. The van der Waals surface area contributed by atoms with E-state index in [2.05, 4.69) is 15.4 Å². The Morgan fingerprint density at radius 3 is 2.50 bits per heavy atom. The molecule has 1 unspecified atom stereocenters. The van der Waals surface area contributed by atoms with E-state index >= 15 is 0 Å². The molecule has 0 aliphatic heterocycles. The maximum atomic E-state index is 11.8. The third kappa shape index (κ3) is 4.65. The number of esters is 1. The van der Waals surface area contributed by atoms with E-state index in [1.54, 1.807) is 18.2 Å². The van der Waals surface area contributed by atoms with Gasteiger partial charge in [0.1, 0.15) is 17.4 Å². The van der Waals surface area contributed by atoms with Gasteiger partial charge >= 0.3 is 12.0 Å². The summed E-state index contributed by atoms with van der Waals surface area (Å²) in [7, 11) is 2.72. The number of hydrogen-bond acceptors (Lipinski definition) is 5. The molecule has 120 valence electrons. The fourth-order valence-corrected chi connectivity index (χ4v) is 1.76. The predicted molar refractivity (Wildman–Crippen MR) is 78.4 cm³/mol. The van der Waals surface area contributed by atoms with Crippen molar-refractivity contribution in [2.75, 3.05) is 14.2 Å². The Labute approximate surface area is 128 Å². The number of nitrogens with one attached hydrogen (secondary N) is 2. The van der Waals surface area contributed by atoms with Crippen LogP contribution in [-0.2, 0) is 16.1 Å². The van der Waals surface area contributed by atoms with Crippen LogP contribution >= 0.6 is 0 Å². The zero-order valence-electron chi connectivity index (χ0n) is 12.6. The van der Waals surface area contributed by atoms with Gasteiger partial charge in [0.25, 0.3) is 0 Å². The van der Waals surface area contributed by atoms with Crippen molar-refractivity contribution < 1.29 is 23.9 Å². The van der Waals surface area contributed by atoms with Crippen LogP contribution in [0.5, 0.6) is 5.75 Å². The van der Waals surface area contributed by atoms with Gasteiger partial charge in [0, 0.05) is 6.54 Å². The zero-order chi connectivity index (χ0) is 16.7. The van der Waals surface area contributed by atoms with Crippen molar-refractivity contribution in [2.24, 2.45) is 5.73 Å². The lowest BCUT2D eigenvalue weighted by atomic mass is 10.1. The monoisotopic (exact) mass is 309 g/mol. The first-order valence-corrected chi connectivity index (χ1v) is 6.48. The average molecular weight is 309 g/mol. The molecule has 0 spiro atoms. The highest BCUT2D eigenvalue weighted by atomic mass is 16.5. The van der Waals surface area contributed by atoms with Gasteiger partial charge in [-0.25, -0.2) is 9.59 Å². The Balaban J connectivity index is 2.76. The van der Waals surface area contributed by atoms with Gasteiger partial charge in [0.2, 0.25) is 5.91 Å². The molecule has 1 atom stereocenters. The largest absolute Gasteiger partial charge is 0.496 e. The predicted octanol–water partition coefficient (Wildman–Crippen LogP) is 0.155. The summed E-state index contributed by atoms with van der Waals surface area (Å²) in [5, 5.41) is 4.89. The number of ether oxygens (including phenoxy) is 2. The summed E-state index contributed by atoms with van der Waals surface area (Å²) < 4.78 is 9.75. The van der Waals surface area contributed by atoms with Gasteiger partial charge < -0.3 is 25.8 Å². The van der Waals surface area contributed by atoms with E-state index in [-0.39, 0.29) is 12.1 Å². The molecule has 8 heteroatoms. The number of rotatable bonds is 6. The van der Waals surface area contributed by atoms with E-state index in [9.17, 15) is 14.4 Å². The fraction of sp³-hybridized carbons (Fsp3) is 0.357. The standard InChI is InChI=1S/C14H19N3O5/c1-8(17-14(15)20)12(18)16-7-9-4-5-11(21-2)10(6-9)13(19)22-3/h4-6,8H,7H2,1-3H3,(H,16,18)(H3,15,17,20). The normalized spacial score (nSPS) is 11.2. The average Bonchev–Trinajstić information content (AvgIpc) is 2.50. The number of nitrogens with two attached hydrogens (primary N) is 1. The molecule has 0 fully saturated rings. The third-order valence-electron chi connectivity index (χ3n) is 2.89. The fourth-order valence-electron chi connectivity index (χ4n) is 1.76. The smallest absolute Gasteiger partial charge is 0.341 e. The van der Waals surface area contributed by atoms with Crippen molar-refractivity contribution in [2.45, 2.75) is 19.5 Å². The van der Waals surface area contributed by atoms with Crippen LogP contribution in [-0.4, -0.2) is 38.2 Å². The van der Waals surface area contributed by atoms with E-state index in [4.69, 9.17) is 10.5 Å². The Hall–Kier alpha value is -2.77. The lowest BCUT2D eigenvalue weighted by Crippen LogP contribution is -2.46. The minimum absolute atomic E-state index is 0.178. The maximum absolute atomic E-state index is 11.8. The highest BCUT2D eigenvalue weighted by Crippen LogP contribution is 2.20. The molecular weight excluding hydrogens is 290 g/mol. The van der Waals surface area contributed by atoms with Crippen molar-refractivity contribution in [1.29, 1.82) is 0 Å². The molecule has 1 rings (SSSR count). The zero-order valence-corrected chi connectivity index (χ0v) is 12.6. The van der Waals surface area contributed by atoms with Crippen LogP contribution in [0.1, 0.15) is 22.8 Å². The van der Waals surface area contributed by atoms with Gasteiger partial charge in [-0.1, -0.05) is 6.07 Å². The number of urea groups is 1. The molecule has 0 heterocycles. The minimum atomic E-state index is -0.778. The summed E-state index contributed by atoms with van der Waals surface area (Å²) in [4.78, 5) is 34.1. The van der Waals surface area contributed by atoms with Crippen LogP contribution in [0.15, 0.2) is 18.2 Å². The van der Waals surface area contributed by atoms with Gasteiger partial charge in [-0.2, -0.15) is 0 Å². The van der Waals surface area contributed by atoms with Gasteiger partial charge in [0.15, 0.2) is 0 Å². The highest BCUT2D eigenvalue weighted by Gasteiger charge is 2.16. The first-order valence-electron chi connectivity index (χ1n) is 6.48. The number of carbonyl (C=O) groups is 3. The Kier molecular flexibility index (Phi) is 6.18. The first-order chi connectivity index (χ1) is 10.4. The lowest BCUT2D eigenvalue weighted by molar-refractivity contribution is -0.122. The molecule has 3 amide bonds. The van der Waals surface area contributed by atoms with Gasteiger partial charge in [-0.3, -0.25) is 4.79 Å². The van der Waals surface area contributed by atoms with E-state index in [1.807, 2.05) is 0 Å². The second-order valence-electron chi connectivity index (χ2n) is 4.47. The molecule has 1 aromatic carbocycles. The number of carbonyl (C=O) groups excluding carboxylic acids is 3. The quantitative estimate of drug-likeness (QED) is 0.646. The number of amides is 3. The van der Waals surface area contributed by atoms with E-state index < -0.39 is 23.9 Å². The van der Waals surface area contributed by atoms with Crippen molar-refractivity contribution in [3.05, 3.63) is 29.3 Å². The van der Waals surface area contributed by atoms with Crippen LogP contribution in [0.4, 0.5) is 4.79 Å². The van der Waals surface area contributed by atoms with E-state index in [0.717, 1.165) is 0 Å². The van der Waals surface area contributed by atoms with Crippen LogP contribution < -0.4 is 21.1 Å². The van der Waals surface area contributed by atoms with Gasteiger partial charge in [0.05, 0.1) is 14.2 Å². The SMILES string of the molecule is COC(=O)c1cc(CNC(=O)C(C)NC(N)=O)ccc1OC. The number of benzene rings is 1. The third-order valence-corrected chi connectivity index (χ3v) is 2.89. The van der Waals surface area contributed by atoms with E-state index in [0.29, 0.717) is 11.3 Å². The lowest BCUT2D eigenvalue weighted by Gasteiger charge is -2.13. The van der Waals surface area contributed by atoms with Gasteiger partial charge in [-0.05, 0) is 24.6 Å². The number of methoxy groups -OCH3 is 2. The summed E-state index contributed by atoms with van der Waals surface area (Å²) >= 11 is 0. The van der Waals surface area contributed by atoms with Crippen LogP contribution in [0.25, 0.3) is 0 Å². The molecule has 0 saturated carbocycles. The molecule has 4 N–H and O–H groups in total. The van der Waals surface area contributed by atoms with Crippen LogP contribution in [0, 0.1) is 0 Å².